The third kappa shape index (κ3) is 2.28. The Balaban J connectivity index is 3.63. The van der Waals surface area contributed by atoms with Gasteiger partial charge >= 0.3 is 0 Å². The zero-order valence-electron chi connectivity index (χ0n) is 3.37. The van der Waals surface area contributed by atoms with Crippen LogP contribution in [0.5, 0.6) is 0 Å². The van der Waals surface area contributed by atoms with Crippen LogP contribution in [0.4, 0.5) is 0 Å². The molecule has 0 aliphatic heterocycles. The fourth-order valence-electron chi connectivity index (χ4n) is 0.0451. The number of nitriles is 1. The van der Waals surface area contributed by atoms with Crippen LogP contribution in [0.3, 0.4) is 0 Å². The maximum absolute atomic E-state index is 9.69. The lowest BCUT2D eigenvalue weighted by atomic mass is 10.8. The van der Waals surface area contributed by atoms with E-state index in [9.17, 15) is 4.21 Å². The number of hydrogen-bond acceptors (Lipinski definition) is 3. The van der Waals surface area contributed by atoms with Gasteiger partial charge < -0.3 is 10.3 Å². The molecule has 3 N–H and O–H groups in total. The van der Waals surface area contributed by atoms with Gasteiger partial charge in [-0.25, -0.2) is 4.21 Å². The molecule has 0 saturated carbocycles. The Morgan fingerprint density at radius 3 is 2.43 bits per heavy atom. The average Bonchev–Trinajstić information content (AvgIpc) is 1.65. The van der Waals surface area contributed by atoms with Gasteiger partial charge in [0.05, 0.1) is 6.07 Å². The Morgan fingerprint density at radius 2 is 2.43 bits per heavy atom. The SMILES string of the molecule is N#CC(N)S(=O)O. The Morgan fingerprint density at radius 1 is 2.00 bits per heavy atom. The molecule has 2 unspecified atom stereocenters. The fourth-order valence-corrected chi connectivity index (χ4v) is 0.135. The molecular weight excluding hydrogens is 116 g/mol. The molecule has 0 aliphatic rings. The first kappa shape index (κ1) is 6.56. The normalized spacial score (nSPS) is 17.3. The van der Waals surface area contributed by atoms with Gasteiger partial charge in [-0.15, -0.1) is 0 Å². The van der Waals surface area contributed by atoms with E-state index in [1.807, 2.05) is 0 Å². The first-order valence-corrected chi connectivity index (χ1v) is 2.60. The van der Waals surface area contributed by atoms with Crippen molar-refractivity contribution in [1.29, 1.82) is 5.26 Å². The Hall–Kier alpha value is -0.440. The van der Waals surface area contributed by atoms with Crippen molar-refractivity contribution in [3.8, 4) is 6.07 Å². The molecule has 0 saturated heterocycles. The summed E-state index contributed by atoms with van der Waals surface area (Å²) < 4.78 is 17.6. The van der Waals surface area contributed by atoms with Crippen LogP contribution >= 0.6 is 0 Å². The van der Waals surface area contributed by atoms with Gasteiger partial charge in [-0.3, -0.25) is 0 Å². The van der Waals surface area contributed by atoms with E-state index in [0.717, 1.165) is 0 Å². The van der Waals surface area contributed by atoms with Crippen molar-refractivity contribution in [2.75, 3.05) is 0 Å². The average molecular weight is 120 g/mol. The highest BCUT2D eigenvalue weighted by Gasteiger charge is 2.03. The zero-order chi connectivity index (χ0) is 5.86. The molecule has 2 atom stereocenters. The highest BCUT2D eigenvalue weighted by Crippen LogP contribution is 1.76. The zero-order valence-corrected chi connectivity index (χ0v) is 4.18. The Bertz CT molecular complexity index is 117. The maximum Gasteiger partial charge on any atom is 0.195 e. The van der Waals surface area contributed by atoms with Crippen LogP contribution in [0.1, 0.15) is 0 Å². The van der Waals surface area contributed by atoms with Gasteiger partial charge in [0.2, 0.25) is 0 Å². The van der Waals surface area contributed by atoms with E-state index in [0.29, 0.717) is 0 Å². The predicted molar refractivity (Wildman–Crippen MR) is 24.4 cm³/mol. The number of nitrogens with two attached hydrogens (primary N) is 1. The highest BCUT2D eigenvalue weighted by molar-refractivity contribution is 7.80. The third-order valence-electron chi connectivity index (χ3n) is 0.344. The third-order valence-corrected chi connectivity index (χ3v) is 0.884. The molecule has 0 rings (SSSR count). The molecular formula is C2H4N2O2S. The van der Waals surface area contributed by atoms with Crippen LogP contribution in [0.15, 0.2) is 0 Å². The van der Waals surface area contributed by atoms with Crippen molar-refractivity contribution >= 4 is 11.1 Å². The fraction of sp³-hybridized carbons (Fsp3) is 0.500. The van der Waals surface area contributed by atoms with Crippen LogP contribution in [0.2, 0.25) is 0 Å². The van der Waals surface area contributed by atoms with Crippen LogP contribution in [-0.4, -0.2) is 14.1 Å². The molecule has 0 aliphatic carbocycles. The van der Waals surface area contributed by atoms with Gasteiger partial charge in [0.15, 0.2) is 16.5 Å². The molecule has 40 valence electrons. The lowest BCUT2D eigenvalue weighted by Crippen LogP contribution is -2.22. The minimum absolute atomic E-state index is 1.26. The summed E-state index contributed by atoms with van der Waals surface area (Å²) in [4.78, 5) is 0. The standard InChI is InChI=1S/C2H4N2O2S/c3-1-2(4)7(5)6/h2H,4H2,(H,5,6). The topological polar surface area (TPSA) is 87.1 Å². The quantitative estimate of drug-likeness (QED) is 0.435. The summed E-state index contributed by atoms with van der Waals surface area (Å²) in [6.45, 7) is 0. The molecule has 7 heavy (non-hydrogen) atoms. The summed E-state index contributed by atoms with van der Waals surface area (Å²) in [5, 5.41) is 6.51. The van der Waals surface area contributed by atoms with Crippen LogP contribution in [0, 0.1) is 11.3 Å². The van der Waals surface area contributed by atoms with Crippen LogP contribution in [0.25, 0.3) is 0 Å². The van der Waals surface area contributed by atoms with Crippen molar-refractivity contribution in [1.82, 2.24) is 0 Å². The summed E-state index contributed by atoms with van der Waals surface area (Å²) in [5.74, 6) is 0. The molecule has 0 radical (unpaired) electrons. The number of rotatable bonds is 1. The van der Waals surface area contributed by atoms with Gasteiger partial charge in [-0.05, 0) is 0 Å². The number of nitrogens with zero attached hydrogens (tertiary/aromatic N) is 1. The van der Waals surface area contributed by atoms with Gasteiger partial charge in [0.1, 0.15) is 0 Å². The lowest BCUT2D eigenvalue weighted by molar-refractivity contribution is 0.558. The second-order valence-electron chi connectivity index (χ2n) is 0.826. The largest absolute Gasteiger partial charge is 0.304 e. The van der Waals surface area contributed by atoms with E-state index in [2.05, 4.69) is 0 Å². The molecule has 0 amide bonds. The van der Waals surface area contributed by atoms with Gasteiger partial charge in [-0.1, -0.05) is 0 Å². The van der Waals surface area contributed by atoms with Gasteiger partial charge in [-0.2, -0.15) is 5.26 Å². The van der Waals surface area contributed by atoms with Crippen molar-refractivity contribution in [2.45, 2.75) is 5.37 Å². The van der Waals surface area contributed by atoms with E-state index < -0.39 is 16.5 Å². The molecule has 5 heteroatoms. The Kier molecular flexibility index (Phi) is 2.52. The van der Waals surface area contributed by atoms with E-state index in [1.165, 1.54) is 6.07 Å². The monoisotopic (exact) mass is 120 g/mol. The minimum atomic E-state index is -2.19. The van der Waals surface area contributed by atoms with Crippen LogP contribution in [-0.2, 0) is 11.1 Å². The number of hydrogen-bond donors (Lipinski definition) is 2. The summed E-state index contributed by atoms with van der Waals surface area (Å²) in [7, 11) is 0. The summed E-state index contributed by atoms with van der Waals surface area (Å²) in [5.41, 5.74) is 4.70. The molecule has 0 aromatic carbocycles. The first-order chi connectivity index (χ1) is 3.18. The molecule has 0 aromatic rings. The lowest BCUT2D eigenvalue weighted by Gasteiger charge is -1.88. The van der Waals surface area contributed by atoms with E-state index in [1.54, 1.807) is 0 Å². The predicted octanol–water partition coefficient (Wildman–Crippen LogP) is -0.984. The summed E-state index contributed by atoms with van der Waals surface area (Å²) in [6.07, 6.45) is 0. The molecule has 4 nitrogen and oxygen atoms in total. The van der Waals surface area contributed by atoms with Crippen molar-refractivity contribution in [3.63, 3.8) is 0 Å². The Labute approximate surface area is 43.2 Å². The summed E-state index contributed by atoms with van der Waals surface area (Å²) >= 11 is -2.19. The van der Waals surface area contributed by atoms with Crippen molar-refractivity contribution in [3.05, 3.63) is 0 Å². The van der Waals surface area contributed by atoms with Gasteiger partial charge in [0, 0.05) is 0 Å². The van der Waals surface area contributed by atoms with E-state index >= 15 is 0 Å². The first-order valence-electron chi connectivity index (χ1n) is 1.43. The molecule has 0 fully saturated rings. The summed E-state index contributed by atoms with van der Waals surface area (Å²) in [6, 6.07) is 1.39. The van der Waals surface area contributed by atoms with Crippen molar-refractivity contribution < 1.29 is 8.76 Å². The maximum atomic E-state index is 9.69. The highest BCUT2D eigenvalue weighted by atomic mass is 32.2. The molecule has 0 aromatic heterocycles. The van der Waals surface area contributed by atoms with E-state index in [4.69, 9.17) is 15.5 Å². The van der Waals surface area contributed by atoms with Crippen molar-refractivity contribution in [2.24, 2.45) is 5.73 Å². The second-order valence-corrected chi connectivity index (χ2v) is 1.89. The molecule has 0 spiro atoms. The smallest absolute Gasteiger partial charge is 0.195 e. The second kappa shape index (κ2) is 2.69. The van der Waals surface area contributed by atoms with E-state index in [-0.39, 0.29) is 0 Å². The van der Waals surface area contributed by atoms with Gasteiger partial charge in [0.25, 0.3) is 0 Å². The minimum Gasteiger partial charge on any atom is -0.304 e. The molecule has 0 bridgehead atoms. The molecule has 0 heterocycles. The van der Waals surface area contributed by atoms with Crippen LogP contribution < -0.4 is 5.73 Å².